The van der Waals surface area contributed by atoms with E-state index in [4.69, 9.17) is 37.4 Å². The normalized spacial score (nSPS) is 12.5. The maximum absolute atomic E-state index is 13.9. The van der Waals surface area contributed by atoms with Crippen molar-refractivity contribution in [3.05, 3.63) is 61.7 Å². The summed E-state index contributed by atoms with van der Waals surface area (Å²) in [6.45, 7) is 15.4. The van der Waals surface area contributed by atoms with Crippen molar-refractivity contribution < 1.29 is 19.0 Å². The fraction of sp³-hybridized carbons (Fsp3) is 0.424. The molecule has 0 spiro atoms. The Morgan fingerprint density at radius 1 is 1.04 bits per heavy atom. The van der Waals surface area contributed by atoms with Crippen LogP contribution in [-0.4, -0.2) is 70.9 Å². The average Bonchev–Trinajstić information content (AvgIpc) is 3.04. The van der Waals surface area contributed by atoms with Gasteiger partial charge in [0.2, 0.25) is 0 Å². The number of nitrogens with zero attached hydrogens (tertiary/aromatic N) is 3. The molecule has 246 valence electrons. The number of rotatable bonds is 17. The maximum Gasteiger partial charge on any atom is 0.257 e. The highest BCUT2D eigenvalue weighted by Crippen LogP contribution is 2.50. The van der Waals surface area contributed by atoms with Gasteiger partial charge in [0.25, 0.3) is 5.91 Å². The van der Waals surface area contributed by atoms with E-state index >= 15 is 0 Å². The topological polar surface area (TPSA) is 96.8 Å². The highest BCUT2D eigenvalue weighted by Gasteiger charge is 2.26. The van der Waals surface area contributed by atoms with E-state index in [9.17, 15) is 4.79 Å². The highest BCUT2D eigenvalue weighted by molar-refractivity contribution is 9.10. The predicted octanol–water partition coefficient (Wildman–Crippen LogP) is 8.66. The summed E-state index contributed by atoms with van der Waals surface area (Å²) in [5.41, 5.74) is 2.21. The molecular formula is C33H44BrCl2N5O4. The molecule has 0 atom stereocenters. The summed E-state index contributed by atoms with van der Waals surface area (Å²) in [6, 6.07) is 7.63. The van der Waals surface area contributed by atoms with Crippen molar-refractivity contribution in [3.8, 4) is 17.2 Å². The molecule has 0 fully saturated rings. The molecule has 9 nitrogen and oxygen atoms in total. The maximum atomic E-state index is 13.9. The number of hydrogen-bond donors (Lipinski definition) is 2. The Morgan fingerprint density at radius 3 is 2.13 bits per heavy atom. The van der Waals surface area contributed by atoms with Crippen LogP contribution in [0.5, 0.6) is 17.2 Å². The molecule has 0 radical (unpaired) electrons. The van der Waals surface area contributed by atoms with Crippen LogP contribution in [0.3, 0.4) is 0 Å². The number of methoxy groups -OCH3 is 2. The molecule has 2 rings (SSSR count). The fourth-order valence-corrected chi connectivity index (χ4v) is 6.08. The van der Waals surface area contributed by atoms with Gasteiger partial charge in [0.15, 0.2) is 11.5 Å². The van der Waals surface area contributed by atoms with E-state index in [0.717, 1.165) is 43.9 Å². The molecule has 0 saturated heterocycles. The van der Waals surface area contributed by atoms with E-state index in [0.29, 0.717) is 40.2 Å². The zero-order chi connectivity index (χ0) is 33.5. The van der Waals surface area contributed by atoms with Crippen molar-refractivity contribution in [1.29, 1.82) is 0 Å². The standard InChI is InChI=1S/C33H44BrCl2N5O4/c1-9-12-13-14-24(33(42)40-29-26(35)30(43-7)25(34)31(44-8)27(29)36)28(37-5)21(4)32(38-6)39-22-15-17-23(18-16-22)45-20-19-41(10-2)11-3/h14-18H,5,9-13,19-20H2,1-4,6-8H3,(H,38,39)(H,40,42)/b24-14+,28-21-. The number of carbonyl (C=O) groups excluding carboxylic acids is 1. The molecule has 0 bridgehead atoms. The summed E-state index contributed by atoms with van der Waals surface area (Å²) in [6.07, 6.45) is 4.29. The molecule has 0 aliphatic heterocycles. The molecule has 0 saturated carbocycles. The summed E-state index contributed by atoms with van der Waals surface area (Å²) < 4.78 is 17.2. The Kier molecular flexibility index (Phi) is 16.5. The number of amidine groups is 1. The summed E-state index contributed by atoms with van der Waals surface area (Å²) in [5.74, 6) is 1.35. The van der Waals surface area contributed by atoms with Crippen LogP contribution < -0.4 is 24.8 Å². The van der Waals surface area contributed by atoms with Gasteiger partial charge in [0, 0.05) is 24.9 Å². The van der Waals surface area contributed by atoms with Crippen LogP contribution >= 0.6 is 39.1 Å². The number of aliphatic imine (C=N–C) groups is 2. The van der Waals surface area contributed by atoms with Crippen LogP contribution in [0, 0.1) is 0 Å². The van der Waals surface area contributed by atoms with Crippen LogP contribution in [0.25, 0.3) is 0 Å². The molecule has 2 aromatic carbocycles. The van der Waals surface area contributed by atoms with Crippen molar-refractivity contribution >= 4 is 69.0 Å². The second-order valence-corrected chi connectivity index (χ2v) is 11.4. The zero-order valence-electron chi connectivity index (χ0n) is 27.2. The van der Waals surface area contributed by atoms with Gasteiger partial charge in [-0.05, 0) is 73.3 Å². The molecule has 0 unspecified atom stereocenters. The number of amides is 1. The summed E-state index contributed by atoms with van der Waals surface area (Å²) in [7, 11) is 4.58. The molecule has 0 aliphatic carbocycles. The fourth-order valence-electron chi connectivity index (χ4n) is 4.45. The minimum atomic E-state index is -0.482. The van der Waals surface area contributed by atoms with Gasteiger partial charge < -0.3 is 29.7 Å². The van der Waals surface area contributed by atoms with Gasteiger partial charge in [0.1, 0.15) is 32.7 Å². The lowest BCUT2D eigenvalue weighted by Gasteiger charge is -2.19. The van der Waals surface area contributed by atoms with Gasteiger partial charge in [-0.2, -0.15) is 0 Å². The molecule has 0 heterocycles. The lowest BCUT2D eigenvalue weighted by atomic mass is 10.0. The Bertz CT molecular complexity index is 1380. The monoisotopic (exact) mass is 723 g/mol. The number of likely N-dealkylation sites (N-methyl/N-ethyl adjacent to an activating group) is 1. The Balaban J connectivity index is 2.41. The number of carbonyl (C=O) groups is 1. The molecule has 45 heavy (non-hydrogen) atoms. The van der Waals surface area contributed by atoms with Crippen molar-refractivity contribution in [2.45, 2.75) is 47.0 Å². The Hall–Kier alpha value is -3.05. The SMILES string of the molecule is C=NC(=C(/C)C(=NC)Nc1ccc(OCCN(CC)CC)cc1)/C(=C\CCCC)C(=O)Nc1c(Cl)c(OC)c(Br)c(OC)c1Cl. The molecular weight excluding hydrogens is 681 g/mol. The molecule has 0 aromatic heterocycles. The van der Waals surface area contributed by atoms with E-state index in [1.165, 1.54) is 14.2 Å². The minimum Gasteiger partial charge on any atom is -0.494 e. The quantitative estimate of drug-likeness (QED) is 0.0558. The lowest BCUT2D eigenvalue weighted by Crippen LogP contribution is -2.27. The second-order valence-electron chi connectivity index (χ2n) is 9.83. The highest BCUT2D eigenvalue weighted by atomic mass is 79.9. The van der Waals surface area contributed by atoms with Gasteiger partial charge in [-0.15, -0.1) is 0 Å². The number of anilines is 2. The number of allylic oxidation sites excluding steroid dienone is 1. The first-order chi connectivity index (χ1) is 21.6. The Morgan fingerprint density at radius 2 is 1.64 bits per heavy atom. The molecule has 0 aliphatic rings. The first-order valence-corrected chi connectivity index (χ1v) is 16.3. The number of nitrogens with one attached hydrogen (secondary N) is 2. The van der Waals surface area contributed by atoms with Crippen molar-refractivity contribution in [2.75, 3.05) is 58.1 Å². The second kappa shape index (κ2) is 19.5. The summed E-state index contributed by atoms with van der Waals surface area (Å²) in [5, 5.41) is 6.40. The summed E-state index contributed by atoms with van der Waals surface area (Å²) >= 11 is 16.6. The predicted molar refractivity (Wildman–Crippen MR) is 192 cm³/mol. The van der Waals surface area contributed by atoms with Gasteiger partial charge in [-0.25, -0.2) is 0 Å². The van der Waals surface area contributed by atoms with Gasteiger partial charge in [-0.3, -0.25) is 14.8 Å². The van der Waals surface area contributed by atoms with Crippen molar-refractivity contribution in [2.24, 2.45) is 9.98 Å². The Labute approximate surface area is 285 Å². The first kappa shape index (κ1) is 38.1. The van der Waals surface area contributed by atoms with Crippen LogP contribution in [-0.2, 0) is 4.79 Å². The number of benzene rings is 2. The number of halogens is 3. The van der Waals surface area contributed by atoms with Crippen LogP contribution in [0.1, 0.15) is 47.0 Å². The summed E-state index contributed by atoms with van der Waals surface area (Å²) in [4.78, 5) is 24.9. The molecule has 2 N–H and O–H groups in total. The third kappa shape index (κ3) is 10.2. The van der Waals surface area contributed by atoms with Gasteiger partial charge in [0.05, 0.1) is 31.2 Å². The van der Waals surface area contributed by atoms with E-state index in [2.05, 4.69) is 68.9 Å². The zero-order valence-corrected chi connectivity index (χ0v) is 30.2. The number of hydrogen-bond acceptors (Lipinski definition) is 7. The van der Waals surface area contributed by atoms with Crippen LogP contribution in [0.4, 0.5) is 11.4 Å². The lowest BCUT2D eigenvalue weighted by molar-refractivity contribution is -0.112. The number of ether oxygens (including phenoxy) is 3. The van der Waals surface area contributed by atoms with Crippen LogP contribution in [0.2, 0.25) is 10.0 Å². The molecule has 2 aromatic rings. The molecule has 1 amide bonds. The van der Waals surface area contributed by atoms with E-state index < -0.39 is 5.91 Å². The third-order valence-corrected chi connectivity index (χ3v) is 8.51. The average molecular weight is 726 g/mol. The van der Waals surface area contributed by atoms with E-state index in [1.807, 2.05) is 37.3 Å². The third-order valence-electron chi connectivity index (χ3n) is 7.07. The molecule has 12 heteroatoms. The largest absolute Gasteiger partial charge is 0.494 e. The number of unbranched alkanes of at least 4 members (excludes halogenated alkanes) is 2. The van der Waals surface area contributed by atoms with Crippen molar-refractivity contribution in [3.63, 3.8) is 0 Å². The minimum absolute atomic E-state index is 0.114. The van der Waals surface area contributed by atoms with Crippen molar-refractivity contribution in [1.82, 2.24) is 4.90 Å². The van der Waals surface area contributed by atoms with Gasteiger partial charge >= 0.3 is 0 Å². The van der Waals surface area contributed by atoms with E-state index in [1.54, 1.807) is 7.05 Å². The van der Waals surface area contributed by atoms with Crippen LogP contribution in [0.15, 0.2) is 61.6 Å². The first-order valence-electron chi connectivity index (χ1n) is 14.8. The smallest absolute Gasteiger partial charge is 0.257 e. The van der Waals surface area contributed by atoms with Gasteiger partial charge in [-0.1, -0.05) is 62.9 Å². The van der Waals surface area contributed by atoms with E-state index in [-0.39, 0.29) is 27.2 Å².